The van der Waals surface area contributed by atoms with Gasteiger partial charge in [0.2, 0.25) is 0 Å². The molecule has 0 aromatic heterocycles. The van der Waals surface area contributed by atoms with Crippen LogP contribution in [-0.2, 0) is 4.79 Å². The first-order chi connectivity index (χ1) is 10.3. The Labute approximate surface area is 125 Å². The van der Waals surface area contributed by atoms with Gasteiger partial charge >= 0.3 is 0 Å². The van der Waals surface area contributed by atoms with Crippen molar-refractivity contribution >= 4 is 17.9 Å². The maximum atomic E-state index is 12.3. The Kier molecular flexibility index (Phi) is 4.11. The maximum Gasteiger partial charge on any atom is 0.162 e. The van der Waals surface area contributed by atoms with E-state index in [1.807, 2.05) is 54.6 Å². The molecule has 0 radical (unpaired) electrons. The van der Waals surface area contributed by atoms with E-state index in [9.17, 15) is 4.79 Å². The van der Waals surface area contributed by atoms with Crippen LogP contribution in [-0.4, -0.2) is 5.78 Å². The van der Waals surface area contributed by atoms with Crippen molar-refractivity contribution in [2.24, 2.45) is 0 Å². The Balaban J connectivity index is 1.74. The zero-order valence-electron chi connectivity index (χ0n) is 12.0. The lowest BCUT2D eigenvalue weighted by Crippen LogP contribution is -2.10. The van der Waals surface area contributed by atoms with Crippen LogP contribution in [0, 0.1) is 0 Å². The van der Waals surface area contributed by atoms with Gasteiger partial charge in [-0.05, 0) is 35.6 Å². The number of allylic oxidation sites excluding steroid dienone is 2. The molecule has 1 fully saturated rings. The number of Topliss-reactive ketones (excluding diaryl/α,β-unsaturated/α-hetero) is 1. The second kappa shape index (κ2) is 6.36. The van der Waals surface area contributed by atoms with Crippen molar-refractivity contribution in [1.29, 1.82) is 0 Å². The summed E-state index contributed by atoms with van der Waals surface area (Å²) in [6.45, 7) is 0. The molecule has 3 rings (SSSR count). The Morgan fingerprint density at radius 3 is 1.86 bits per heavy atom. The van der Waals surface area contributed by atoms with E-state index < -0.39 is 0 Å². The van der Waals surface area contributed by atoms with Crippen LogP contribution in [0.25, 0.3) is 12.2 Å². The van der Waals surface area contributed by atoms with E-state index >= 15 is 0 Å². The SMILES string of the molecule is O=C1C/C(=C/c2ccccc2)CC/C1=C\c1ccccc1. The van der Waals surface area contributed by atoms with Gasteiger partial charge in [0.15, 0.2) is 5.78 Å². The van der Waals surface area contributed by atoms with Crippen LogP contribution in [0.5, 0.6) is 0 Å². The molecule has 0 unspecified atom stereocenters. The molecule has 1 heteroatoms. The second-order valence-electron chi connectivity index (χ2n) is 5.39. The first-order valence-corrected chi connectivity index (χ1v) is 7.34. The summed E-state index contributed by atoms with van der Waals surface area (Å²) in [6, 6.07) is 20.3. The molecular weight excluding hydrogens is 256 g/mol. The normalized spacial score (nSPS) is 19.1. The van der Waals surface area contributed by atoms with E-state index in [1.165, 1.54) is 11.1 Å². The van der Waals surface area contributed by atoms with Gasteiger partial charge in [-0.3, -0.25) is 4.79 Å². The summed E-state index contributed by atoms with van der Waals surface area (Å²) >= 11 is 0. The smallest absolute Gasteiger partial charge is 0.162 e. The van der Waals surface area contributed by atoms with Gasteiger partial charge in [0, 0.05) is 6.42 Å². The van der Waals surface area contributed by atoms with Gasteiger partial charge in [-0.2, -0.15) is 0 Å². The van der Waals surface area contributed by atoms with Gasteiger partial charge in [0.1, 0.15) is 0 Å². The Morgan fingerprint density at radius 1 is 0.714 bits per heavy atom. The van der Waals surface area contributed by atoms with E-state index in [-0.39, 0.29) is 5.78 Å². The van der Waals surface area contributed by atoms with Gasteiger partial charge in [-0.1, -0.05) is 72.3 Å². The molecule has 21 heavy (non-hydrogen) atoms. The van der Waals surface area contributed by atoms with Crippen LogP contribution in [0.3, 0.4) is 0 Å². The number of ketones is 1. The summed E-state index contributed by atoms with van der Waals surface area (Å²) in [5.41, 5.74) is 4.47. The predicted molar refractivity (Wildman–Crippen MR) is 87.7 cm³/mol. The van der Waals surface area contributed by atoms with Crippen LogP contribution in [0.15, 0.2) is 71.8 Å². The summed E-state index contributed by atoms with van der Waals surface area (Å²) in [5.74, 6) is 0.257. The lowest BCUT2D eigenvalue weighted by atomic mass is 9.87. The second-order valence-corrected chi connectivity index (χ2v) is 5.39. The number of hydrogen-bond acceptors (Lipinski definition) is 1. The molecule has 0 saturated heterocycles. The van der Waals surface area contributed by atoms with Gasteiger partial charge in [0.25, 0.3) is 0 Å². The molecule has 0 heterocycles. The molecule has 1 saturated carbocycles. The zero-order valence-corrected chi connectivity index (χ0v) is 12.0. The molecule has 2 aromatic rings. The average Bonchev–Trinajstić information content (AvgIpc) is 2.52. The third-order valence-corrected chi connectivity index (χ3v) is 3.77. The fraction of sp³-hybridized carbons (Fsp3) is 0.150. The first-order valence-electron chi connectivity index (χ1n) is 7.34. The number of benzene rings is 2. The fourth-order valence-electron chi connectivity index (χ4n) is 2.65. The molecule has 2 aromatic carbocycles. The number of rotatable bonds is 2. The molecule has 1 aliphatic rings. The van der Waals surface area contributed by atoms with Gasteiger partial charge in [0.05, 0.1) is 0 Å². The van der Waals surface area contributed by atoms with Crippen molar-refractivity contribution < 1.29 is 4.79 Å². The minimum atomic E-state index is 0.257. The summed E-state index contributed by atoms with van der Waals surface area (Å²) in [5, 5.41) is 0. The van der Waals surface area contributed by atoms with E-state index in [1.54, 1.807) is 0 Å². The quantitative estimate of drug-likeness (QED) is 0.711. The highest BCUT2D eigenvalue weighted by molar-refractivity contribution is 6.02. The molecule has 0 spiro atoms. The predicted octanol–water partition coefficient (Wildman–Crippen LogP) is 4.91. The van der Waals surface area contributed by atoms with Crippen LogP contribution in [0.1, 0.15) is 30.4 Å². The van der Waals surface area contributed by atoms with Crippen molar-refractivity contribution in [3.8, 4) is 0 Å². The number of carbonyl (C=O) groups is 1. The Hall–Kier alpha value is -2.41. The van der Waals surface area contributed by atoms with E-state index in [0.717, 1.165) is 24.0 Å². The van der Waals surface area contributed by atoms with Crippen molar-refractivity contribution in [2.45, 2.75) is 19.3 Å². The van der Waals surface area contributed by atoms with Crippen molar-refractivity contribution in [1.82, 2.24) is 0 Å². The molecule has 0 N–H and O–H groups in total. The van der Waals surface area contributed by atoms with Crippen molar-refractivity contribution in [3.63, 3.8) is 0 Å². The van der Waals surface area contributed by atoms with Gasteiger partial charge in [-0.25, -0.2) is 0 Å². The minimum absolute atomic E-state index is 0.257. The van der Waals surface area contributed by atoms with Crippen LogP contribution in [0.2, 0.25) is 0 Å². The van der Waals surface area contributed by atoms with Crippen molar-refractivity contribution in [2.75, 3.05) is 0 Å². The fourth-order valence-corrected chi connectivity index (χ4v) is 2.65. The van der Waals surface area contributed by atoms with Crippen LogP contribution in [0.4, 0.5) is 0 Å². The van der Waals surface area contributed by atoms with Crippen molar-refractivity contribution in [3.05, 3.63) is 82.9 Å². The molecule has 1 aliphatic carbocycles. The Bertz CT molecular complexity index is 678. The molecule has 104 valence electrons. The average molecular weight is 274 g/mol. The third kappa shape index (κ3) is 3.57. The lowest BCUT2D eigenvalue weighted by Gasteiger charge is -2.16. The van der Waals surface area contributed by atoms with Gasteiger partial charge < -0.3 is 0 Å². The molecular formula is C20H18O. The number of hydrogen-bond donors (Lipinski definition) is 0. The number of carbonyl (C=O) groups excluding carboxylic acids is 1. The first kappa shape index (κ1) is 13.6. The highest BCUT2D eigenvalue weighted by atomic mass is 16.1. The summed E-state index contributed by atoms with van der Waals surface area (Å²) in [6.07, 6.45) is 6.54. The van der Waals surface area contributed by atoms with E-state index in [4.69, 9.17) is 0 Å². The largest absolute Gasteiger partial charge is 0.294 e. The topological polar surface area (TPSA) is 17.1 Å². The summed E-state index contributed by atoms with van der Waals surface area (Å²) < 4.78 is 0. The molecule has 0 atom stereocenters. The molecule has 0 aliphatic heterocycles. The monoisotopic (exact) mass is 274 g/mol. The highest BCUT2D eigenvalue weighted by Crippen LogP contribution is 2.28. The summed E-state index contributed by atoms with van der Waals surface area (Å²) in [7, 11) is 0. The lowest BCUT2D eigenvalue weighted by molar-refractivity contribution is -0.115. The van der Waals surface area contributed by atoms with Gasteiger partial charge in [-0.15, -0.1) is 0 Å². The standard InChI is InChI=1S/C20H18O/c21-20-15-18(13-16-7-3-1-4-8-16)11-12-19(20)14-17-9-5-2-6-10-17/h1-10,13-14H,11-12,15H2/b18-13+,19-14+. The van der Waals surface area contributed by atoms with E-state index in [0.29, 0.717) is 6.42 Å². The maximum absolute atomic E-state index is 12.3. The molecule has 0 amide bonds. The highest BCUT2D eigenvalue weighted by Gasteiger charge is 2.18. The Morgan fingerprint density at radius 2 is 1.29 bits per heavy atom. The van der Waals surface area contributed by atoms with Crippen LogP contribution >= 0.6 is 0 Å². The zero-order chi connectivity index (χ0) is 14.5. The van der Waals surface area contributed by atoms with Crippen LogP contribution < -0.4 is 0 Å². The minimum Gasteiger partial charge on any atom is -0.294 e. The van der Waals surface area contributed by atoms with E-state index in [2.05, 4.69) is 18.2 Å². The summed E-state index contributed by atoms with van der Waals surface area (Å²) in [4.78, 5) is 12.3. The molecule has 1 nitrogen and oxygen atoms in total. The third-order valence-electron chi connectivity index (χ3n) is 3.77. The molecule has 0 bridgehead atoms.